The number of amides is 1. The predicted octanol–water partition coefficient (Wildman–Crippen LogP) is 1.04. The van der Waals surface area contributed by atoms with Crippen molar-refractivity contribution in [1.29, 1.82) is 5.26 Å². The van der Waals surface area contributed by atoms with Crippen molar-refractivity contribution in [2.24, 2.45) is 0 Å². The molecule has 4 nitrogen and oxygen atoms in total. The Balaban J connectivity index is 2.82. The van der Waals surface area contributed by atoms with Crippen LogP contribution >= 0.6 is 0 Å². The number of rotatable bonds is 0. The third kappa shape index (κ3) is 1.14. The van der Waals surface area contributed by atoms with Crippen LogP contribution in [0.1, 0.15) is 19.8 Å². The highest BCUT2D eigenvalue weighted by Crippen LogP contribution is 2.27. The topological polar surface area (TPSA) is 64.3 Å². The van der Waals surface area contributed by atoms with Crippen LogP contribution in [0.2, 0.25) is 0 Å². The second-order valence-corrected chi connectivity index (χ2v) is 2.92. The second-order valence-electron chi connectivity index (χ2n) is 2.92. The minimum Gasteiger partial charge on any atom is -0.465 e. The lowest BCUT2D eigenvalue weighted by atomic mass is 10.0. The van der Waals surface area contributed by atoms with E-state index in [9.17, 15) is 4.79 Å². The summed E-state index contributed by atoms with van der Waals surface area (Å²) in [5, 5.41) is 17.3. The van der Waals surface area contributed by atoms with Crippen LogP contribution in [-0.2, 0) is 0 Å². The van der Waals surface area contributed by atoms with Gasteiger partial charge in [-0.1, -0.05) is 0 Å². The Bertz CT molecular complexity index is 221. The summed E-state index contributed by atoms with van der Waals surface area (Å²) in [5.41, 5.74) is -0.786. The van der Waals surface area contributed by atoms with Gasteiger partial charge in [-0.05, 0) is 19.8 Å². The molecule has 0 aromatic heterocycles. The summed E-state index contributed by atoms with van der Waals surface area (Å²) in [6, 6.07) is 2.02. The van der Waals surface area contributed by atoms with Gasteiger partial charge in [0.2, 0.25) is 0 Å². The van der Waals surface area contributed by atoms with Crippen molar-refractivity contribution in [3.63, 3.8) is 0 Å². The summed E-state index contributed by atoms with van der Waals surface area (Å²) < 4.78 is 0. The summed E-state index contributed by atoms with van der Waals surface area (Å²) in [6.07, 6.45) is 0.443. The first-order valence-corrected chi connectivity index (χ1v) is 3.52. The van der Waals surface area contributed by atoms with E-state index < -0.39 is 11.6 Å². The molecule has 1 fully saturated rings. The molecule has 1 amide bonds. The smallest absolute Gasteiger partial charge is 0.408 e. The lowest BCUT2D eigenvalue weighted by molar-refractivity contribution is 0.128. The molecule has 1 saturated heterocycles. The zero-order valence-corrected chi connectivity index (χ0v) is 6.37. The molecule has 1 aliphatic heterocycles. The van der Waals surface area contributed by atoms with Crippen LogP contribution < -0.4 is 0 Å². The van der Waals surface area contributed by atoms with E-state index in [1.54, 1.807) is 6.92 Å². The molecular formula is C7H10N2O2. The van der Waals surface area contributed by atoms with Crippen molar-refractivity contribution in [3.8, 4) is 6.07 Å². The Morgan fingerprint density at radius 2 is 2.45 bits per heavy atom. The number of likely N-dealkylation sites (tertiary alicyclic amines) is 1. The van der Waals surface area contributed by atoms with Crippen molar-refractivity contribution >= 4 is 6.09 Å². The Hall–Kier alpha value is -1.24. The largest absolute Gasteiger partial charge is 0.465 e. The van der Waals surface area contributed by atoms with E-state index >= 15 is 0 Å². The molecule has 0 aliphatic carbocycles. The van der Waals surface area contributed by atoms with Gasteiger partial charge in [0.25, 0.3) is 0 Å². The van der Waals surface area contributed by atoms with Gasteiger partial charge in [-0.2, -0.15) is 5.26 Å². The van der Waals surface area contributed by atoms with Gasteiger partial charge in [0.15, 0.2) is 0 Å². The summed E-state index contributed by atoms with van der Waals surface area (Å²) in [7, 11) is 0. The molecule has 1 unspecified atom stereocenters. The van der Waals surface area contributed by atoms with Gasteiger partial charge < -0.3 is 5.11 Å². The van der Waals surface area contributed by atoms with Gasteiger partial charge in [-0.3, -0.25) is 4.90 Å². The number of hydrogen-bond acceptors (Lipinski definition) is 2. The van der Waals surface area contributed by atoms with Crippen molar-refractivity contribution in [1.82, 2.24) is 4.90 Å². The van der Waals surface area contributed by atoms with E-state index in [1.807, 2.05) is 6.07 Å². The fraction of sp³-hybridized carbons (Fsp3) is 0.714. The standard InChI is InChI=1S/C7H10N2O2/c1-7(5-8)3-2-4-9(7)6(10)11/h2-4H2,1H3,(H,10,11). The molecule has 1 rings (SSSR count). The van der Waals surface area contributed by atoms with Gasteiger partial charge in [-0.25, -0.2) is 4.79 Å². The lowest BCUT2D eigenvalue weighted by Gasteiger charge is -2.25. The molecule has 1 atom stereocenters. The molecule has 1 heterocycles. The minimum absolute atomic E-state index is 0.486. The normalized spacial score (nSPS) is 30.0. The molecule has 60 valence electrons. The van der Waals surface area contributed by atoms with Crippen LogP contribution in [0.3, 0.4) is 0 Å². The van der Waals surface area contributed by atoms with Crippen molar-refractivity contribution in [3.05, 3.63) is 0 Å². The summed E-state index contributed by atoms with van der Waals surface area (Å²) >= 11 is 0. The number of carbonyl (C=O) groups is 1. The number of carboxylic acid groups (broad SMARTS) is 1. The fourth-order valence-corrected chi connectivity index (χ4v) is 1.39. The zero-order valence-electron chi connectivity index (χ0n) is 6.37. The van der Waals surface area contributed by atoms with Crippen LogP contribution in [0.4, 0.5) is 4.79 Å². The molecule has 0 radical (unpaired) electrons. The Morgan fingerprint density at radius 3 is 2.82 bits per heavy atom. The number of nitrogens with zero attached hydrogens (tertiary/aromatic N) is 2. The van der Waals surface area contributed by atoms with E-state index in [4.69, 9.17) is 10.4 Å². The second kappa shape index (κ2) is 2.42. The molecule has 11 heavy (non-hydrogen) atoms. The van der Waals surface area contributed by atoms with Gasteiger partial charge in [0.1, 0.15) is 5.54 Å². The SMILES string of the molecule is CC1(C#N)CCCN1C(=O)O. The monoisotopic (exact) mass is 154 g/mol. The van der Waals surface area contributed by atoms with Crippen LogP contribution in [-0.4, -0.2) is 28.2 Å². The molecule has 0 aromatic carbocycles. The van der Waals surface area contributed by atoms with Crippen LogP contribution in [0.15, 0.2) is 0 Å². The first kappa shape index (κ1) is 7.86. The summed E-state index contributed by atoms with van der Waals surface area (Å²) in [5.74, 6) is 0. The average Bonchev–Trinajstić information content (AvgIpc) is 2.32. The first-order valence-electron chi connectivity index (χ1n) is 3.52. The summed E-state index contributed by atoms with van der Waals surface area (Å²) in [6.45, 7) is 2.15. The fourth-order valence-electron chi connectivity index (χ4n) is 1.39. The molecule has 0 spiro atoms. The highest BCUT2D eigenvalue weighted by Gasteiger charge is 2.39. The van der Waals surface area contributed by atoms with Crippen molar-refractivity contribution in [2.75, 3.05) is 6.54 Å². The van der Waals surface area contributed by atoms with E-state index in [0.717, 1.165) is 6.42 Å². The molecule has 1 aliphatic rings. The van der Waals surface area contributed by atoms with Crippen molar-refractivity contribution < 1.29 is 9.90 Å². The van der Waals surface area contributed by atoms with E-state index in [1.165, 1.54) is 4.90 Å². The Kier molecular flexibility index (Phi) is 1.73. The van der Waals surface area contributed by atoms with E-state index in [2.05, 4.69) is 0 Å². The first-order chi connectivity index (χ1) is 5.10. The number of nitriles is 1. The molecule has 0 bridgehead atoms. The molecule has 4 heteroatoms. The molecule has 1 N–H and O–H groups in total. The molecule has 0 aromatic rings. The number of hydrogen-bond donors (Lipinski definition) is 1. The predicted molar refractivity (Wildman–Crippen MR) is 38.0 cm³/mol. The van der Waals surface area contributed by atoms with Gasteiger partial charge >= 0.3 is 6.09 Å². The van der Waals surface area contributed by atoms with Gasteiger partial charge in [-0.15, -0.1) is 0 Å². The quantitative estimate of drug-likeness (QED) is 0.567. The molecular weight excluding hydrogens is 144 g/mol. The average molecular weight is 154 g/mol. The van der Waals surface area contributed by atoms with Gasteiger partial charge in [0.05, 0.1) is 6.07 Å². The van der Waals surface area contributed by atoms with Crippen molar-refractivity contribution in [2.45, 2.75) is 25.3 Å². The third-order valence-electron chi connectivity index (χ3n) is 2.11. The third-order valence-corrected chi connectivity index (χ3v) is 2.11. The van der Waals surface area contributed by atoms with Crippen LogP contribution in [0.25, 0.3) is 0 Å². The Morgan fingerprint density at radius 1 is 1.82 bits per heavy atom. The maximum atomic E-state index is 10.6. The zero-order chi connectivity index (χ0) is 8.48. The molecule has 0 saturated carbocycles. The highest BCUT2D eigenvalue weighted by atomic mass is 16.4. The van der Waals surface area contributed by atoms with Crippen LogP contribution in [0.5, 0.6) is 0 Å². The lowest BCUT2D eigenvalue weighted by Crippen LogP contribution is -2.43. The Labute approximate surface area is 65.0 Å². The van der Waals surface area contributed by atoms with E-state index in [0.29, 0.717) is 13.0 Å². The van der Waals surface area contributed by atoms with Gasteiger partial charge in [0, 0.05) is 6.54 Å². The maximum Gasteiger partial charge on any atom is 0.408 e. The highest BCUT2D eigenvalue weighted by molar-refractivity contribution is 5.67. The van der Waals surface area contributed by atoms with E-state index in [-0.39, 0.29) is 0 Å². The minimum atomic E-state index is -0.994. The summed E-state index contributed by atoms with van der Waals surface area (Å²) in [4.78, 5) is 11.8. The maximum absolute atomic E-state index is 10.6. The van der Waals surface area contributed by atoms with Crippen LogP contribution in [0, 0.1) is 11.3 Å².